The minimum absolute atomic E-state index is 0.000438. The molecule has 0 unspecified atom stereocenters. The average Bonchev–Trinajstić information content (AvgIpc) is 3.03. The van der Waals surface area contributed by atoms with E-state index in [0.29, 0.717) is 11.3 Å². The number of hydrogen-bond acceptors (Lipinski definition) is 5. The van der Waals surface area contributed by atoms with Crippen LogP contribution in [0.15, 0.2) is 54.1 Å². The van der Waals surface area contributed by atoms with Gasteiger partial charge in [0, 0.05) is 29.2 Å². The van der Waals surface area contributed by atoms with E-state index < -0.39 is 16.7 Å². The highest BCUT2D eigenvalue weighted by molar-refractivity contribution is 7.80. The molecular formula is C25H22N4O4S. The lowest BCUT2D eigenvalue weighted by molar-refractivity contribution is -0.384. The molecule has 0 atom stereocenters. The van der Waals surface area contributed by atoms with Crippen molar-refractivity contribution in [3.05, 3.63) is 92.3 Å². The summed E-state index contributed by atoms with van der Waals surface area (Å²) < 4.78 is 1.91. The molecule has 1 aromatic heterocycles. The van der Waals surface area contributed by atoms with E-state index in [2.05, 4.69) is 5.32 Å². The predicted molar refractivity (Wildman–Crippen MR) is 134 cm³/mol. The molecular weight excluding hydrogens is 452 g/mol. The summed E-state index contributed by atoms with van der Waals surface area (Å²) in [7, 11) is 0. The number of aryl methyl sites for hydroxylation is 3. The van der Waals surface area contributed by atoms with Crippen molar-refractivity contribution in [2.75, 3.05) is 4.90 Å². The molecule has 2 amide bonds. The van der Waals surface area contributed by atoms with Gasteiger partial charge in [-0.15, -0.1) is 0 Å². The zero-order valence-corrected chi connectivity index (χ0v) is 19.9. The molecule has 2 heterocycles. The maximum Gasteiger partial charge on any atom is 0.270 e. The Morgan fingerprint density at radius 1 is 0.941 bits per heavy atom. The Hall–Kier alpha value is -4.11. The second-order valence-electron chi connectivity index (χ2n) is 8.24. The first-order valence-electron chi connectivity index (χ1n) is 10.5. The molecule has 34 heavy (non-hydrogen) atoms. The summed E-state index contributed by atoms with van der Waals surface area (Å²) in [5.41, 5.74) is 5.56. The highest BCUT2D eigenvalue weighted by Gasteiger charge is 2.35. The highest BCUT2D eigenvalue weighted by atomic mass is 32.1. The van der Waals surface area contributed by atoms with Gasteiger partial charge in [0.1, 0.15) is 5.57 Å². The topological polar surface area (TPSA) is 97.5 Å². The van der Waals surface area contributed by atoms with Gasteiger partial charge in [-0.25, -0.2) is 0 Å². The minimum Gasteiger partial charge on any atom is -0.318 e. The van der Waals surface area contributed by atoms with Crippen molar-refractivity contribution in [1.82, 2.24) is 9.88 Å². The molecule has 8 nitrogen and oxygen atoms in total. The Morgan fingerprint density at radius 2 is 1.56 bits per heavy atom. The number of carbonyl (C=O) groups excluding carboxylic acids is 2. The molecule has 9 heteroatoms. The maximum absolute atomic E-state index is 13.4. The highest BCUT2D eigenvalue weighted by Crippen LogP contribution is 2.27. The van der Waals surface area contributed by atoms with Crippen molar-refractivity contribution in [2.24, 2.45) is 0 Å². The van der Waals surface area contributed by atoms with Crippen LogP contribution in [0, 0.1) is 37.8 Å². The summed E-state index contributed by atoms with van der Waals surface area (Å²) in [5, 5.41) is 13.6. The van der Waals surface area contributed by atoms with Gasteiger partial charge in [-0.05, 0) is 93.0 Å². The first-order chi connectivity index (χ1) is 16.1. The monoisotopic (exact) mass is 474 g/mol. The first kappa shape index (κ1) is 23.1. The Bertz CT molecular complexity index is 1380. The fraction of sp³-hybridized carbons (Fsp3) is 0.160. The largest absolute Gasteiger partial charge is 0.318 e. The Morgan fingerprint density at radius 3 is 2.15 bits per heavy atom. The lowest BCUT2D eigenvalue weighted by Gasteiger charge is -2.29. The van der Waals surface area contributed by atoms with Crippen molar-refractivity contribution < 1.29 is 14.5 Å². The SMILES string of the molecule is Cc1cc(C)cc(N2C(=O)/C(=C\c3cc(C)n(-c4ccc([N+](=O)[O-])cc4)c3C)C(=O)NC2=S)c1. The number of nitro groups is 1. The molecule has 1 aliphatic heterocycles. The summed E-state index contributed by atoms with van der Waals surface area (Å²) in [4.78, 5) is 38.0. The second-order valence-corrected chi connectivity index (χ2v) is 8.63. The number of benzene rings is 2. The molecule has 1 saturated heterocycles. The Kier molecular flexibility index (Phi) is 5.89. The van der Waals surface area contributed by atoms with E-state index >= 15 is 0 Å². The van der Waals surface area contributed by atoms with Crippen LogP contribution in [0.2, 0.25) is 0 Å². The number of aromatic nitrogens is 1. The van der Waals surface area contributed by atoms with E-state index in [-0.39, 0.29) is 16.4 Å². The third-order valence-corrected chi connectivity index (χ3v) is 5.94. The van der Waals surface area contributed by atoms with Crippen LogP contribution in [0.3, 0.4) is 0 Å². The number of carbonyl (C=O) groups is 2. The van der Waals surface area contributed by atoms with Gasteiger partial charge in [0.15, 0.2) is 5.11 Å². The summed E-state index contributed by atoms with van der Waals surface area (Å²) in [5.74, 6) is -1.06. The fourth-order valence-electron chi connectivity index (χ4n) is 4.18. The van der Waals surface area contributed by atoms with Crippen LogP contribution >= 0.6 is 12.2 Å². The smallest absolute Gasteiger partial charge is 0.270 e. The number of thiocarbonyl (C=S) groups is 1. The van der Waals surface area contributed by atoms with Crippen molar-refractivity contribution in [2.45, 2.75) is 27.7 Å². The number of nitrogens with one attached hydrogen (secondary N) is 1. The van der Waals surface area contributed by atoms with Crippen LogP contribution in [0.4, 0.5) is 11.4 Å². The molecule has 4 rings (SSSR count). The number of anilines is 1. The number of nitrogens with zero attached hydrogens (tertiary/aromatic N) is 3. The van der Waals surface area contributed by atoms with Gasteiger partial charge in [-0.1, -0.05) is 6.07 Å². The Labute approximate surface area is 201 Å². The van der Waals surface area contributed by atoms with Crippen molar-refractivity contribution >= 4 is 46.6 Å². The molecule has 0 spiro atoms. The lowest BCUT2D eigenvalue weighted by Crippen LogP contribution is -2.54. The third-order valence-electron chi connectivity index (χ3n) is 5.66. The van der Waals surface area contributed by atoms with Crippen molar-refractivity contribution in [3.8, 4) is 5.69 Å². The standard InChI is InChI=1S/C25H22N4O4S/c1-14-9-15(2)11-21(10-14)28-24(31)22(23(30)26-25(28)34)13-18-12-16(3)27(17(18)4)19-5-7-20(8-6-19)29(32)33/h5-13H,1-4H3,(H,26,30,34)/b22-13-. The van der Waals surface area contributed by atoms with E-state index in [1.807, 2.05) is 56.5 Å². The minimum atomic E-state index is -0.559. The number of rotatable bonds is 4. The van der Waals surface area contributed by atoms with Gasteiger partial charge in [0.25, 0.3) is 17.5 Å². The summed E-state index contributed by atoms with van der Waals surface area (Å²) in [6.45, 7) is 7.60. The molecule has 0 bridgehead atoms. The van der Waals surface area contributed by atoms with Gasteiger partial charge in [0.2, 0.25) is 0 Å². The summed E-state index contributed by atoms with van der Waals surface area (Å²) in [6.07, 6.45) is 1.55. The number of hydrogen-bond donors (Lipinski definition) is 1. The van der Waals surface area contributed by atoms with E-state index in [0.717, 1.165) is 28.2 Å². The van der Waals surface area contributed by atoms with Gasteiger partial charge < -0.3 is 4.57 Å². The Balaban J connectivity index is 1.75. The van der Waals surface area contributed by atoms with Gasteiger partial charge in [-0.3, -0.25) is 29.9 Å². The number of non-ortho nitro benzene ring substituents is 1. The van der Waals surface area contributed by atoms with Crippen LogP contribution in [-0.4, -0.2) is 26.4 Å². The normalized spacial score (nSPS) is 15.1. The van der Waals surface area contributed by atoms with Gasteiger partial charge in [0.05, 0.1) is 10.6 Å². The molecule has 1 aliphatic rings. The molecule has 2 aromatic carbocycles. The zero-order valence-electron chi connectivity index (χ0n) is 19.1. The van der Waals surface area contributed by atoms with Gasteiger partial charge >= 0.3 is 0 Å². The van der Waals surface area contributed by atoms with Crippen LogP contribution in [0.1, 0.15) is 28.1 Å². The predicted octanol–water partition coefficient (Wildman–Crippen LogP) is 4.45. The second kappa shape index (κ2) is 8.68. The molecule has 0 aliphatic carbocycles. The van der Waals surface area contributed by atoms with E-state index in [4.69, 9.17) is 12.2 Å². The zero-order chi connectivity index (χ0) is 24.7. The fourth-order valence-corrected chi connectivity index (χ4v) is 4.46. The molecule has 0 radical (unpaired) electrons. The van der Waals surface area contributed by atoms with Crippen molar-refractivity contribution in [3.63, 3.8) is 0 Å². The van der Waals surface area contributed by atoms with Crippen LogP contribution < -0.4 is 10.2 Å². The molecule has 1 N–H and O–H groups in total. The number of amides is 2. The van der Waals surface area contributed by atoms with E-state index in [1.165, 1.54) is 17.0 Å². The maximum atomic E-state index is 13.4. The molecule has 0 saturated carbocycles. The van der Waals surface area contributed by atoms with Gasteiger partial charge in [-0.2, -0.15) is 0 Å². The number of nitro benzene ring substituents is 1. The lowest BCUT2D eigenvalue weighted by atomic mass is 10.1. The van der Waals surface area contributed by atoms with E-state index in [9.17, 15) is 19.7 Å². The molecule has 3 aromatic rings. The van der Waals surface area contributed by atoms with Crippen LogP contribution in [-0.2, 0) is 9.59 Å². The van der Waals surface area contributed by atoms with E-state index in [1.54, 1.807) is 18.2 Å². The van der Waals surface area contributed by atoms with Crippen molar-refractivity contribution in [1.29, 1.82) is 0 Å². The quantitative estimate of drug-likeness (QED) is 0.198. The first-order valence-corrected chi connectivity index (χ1v) is 10.9. The molecule has 172 valence electrons. The third kappa shape index (κ3) is 4.13. The van der Waals surface area contributed by atoms with Crippen LogP contribution in [0.25, 0.3) is 11.8 Å². The van der Waals surface area contributed by atoms with Crippen LogP contribution in [0.5, 0.6) is 0 Å². The summed E-state index contributed by atoms with van der Waals surface area (Å²) >= 11 is 5.30. The summed E-state index contributed by atoms with van der Waals surface area (Å²) in [6, 6.07) is 13.7. The average molecular weight is 475 g/mol. The molecule has 1 fully saturated rings.